The zero-order chi connectivity index (χ0) is 15.4. The summed E-state index contributed by atoms with van der Waals surface area (Å²) in [6, 6.07) is 4.21. The number of nitrogens with one attached hydrogen (secondary N) is 1. The second kappa shape index (κ2) is 7.09. The normalized spacial score (nSPS) is 22.3. The van der Waals surface area contributed by atoms with Gasteiger partial charge in [-0.3, -0.25) is 9.69 Å². The zero-order valence-electron chi connectivity index (χ0n) is 13.4. The molecule has 3 heterocycles. The number of hydrogen-bond donors (Lipinski definition) is 1. The maximum absolute atomic E-state index is 11.8. The van der Waals surface area contributed by atoms with Crippen LogP contribution in [0, 0.1) is 0 Å². The van der Waals surface area contributed by atoms with E-state index in [0.717, 1.165) is 37.4 Å². The summed E-state index contributed by atoms with van der Waals surface area (Å²) in [5.41, 5.74) is 1.09. The summed E-state index contributed by atoms with van der Waals surface area (Å²) in [6.07, 6.45) is 7.98. The third-order valence-corrected chi connectivity index (χ3v) is 4.57. The number of pyridine rings is 1. The summed E-state index contributed by atoms with van der Waals surface area (Å²) < 4.78 is 0. The van der Waals surface area contributed by atoms with E-state index in [-0.39, 0.29) is 12.1 Å². The van der Waals surface area contributed by atoms with Gasteiger partial charge in [-0.05, 0) is 25.3 Å². The van der Waals surface area contributed by atoms with Gasteiger partial charge in [-0.15, -0.1) is 0 Å². The van der Waals surface area contributed by atoms with Crippen LogP contribution in [0.5, 0.6) is 0 Å². The van der Waals surface area contributed by atoms with Gasteiger partial charge in [0.2, 0.25) is 5.91 Å². The molecule has 0 radical (unpaired) electrons. The van der Waals surface area contributed by atoms with Gasteiger partial charge >= 0.3 is 0 Å². The Morgan fingerprint density at radius 3 is 2.77 bits per heavy atom. The second-order valence-electron chi connectivity index (χ2n) is 6.29. The molecule has 1 aromatic rings. The number of carbonyl (C=O) groups excluding carboxylic acids is 1. The smallest absolute Gasteiger partial charge is 0.235 e. The van der Waals surface area contributed by atoms with Gasteiger partial charge in [-0.2, -0.15) is 0 Å². The number of rotatable bonds is 6. The number of anilines is 1. The minimum atomic E-state index is -0.00974. The van der Waals surface area contributed by atoms with Gasteiger partial charge in [-0.25, -0.2) is 4.98 Å². The Hall–Kier alpha value is -1.62. The molecule has 5 heteroatoms. The van der Waals surface area contributed by atoms with Crippen molar-refractivity contribution < 1.29 is 4.79 Å². The van der Waals surface area contributed by atoms with E-state index in [2.05, 4.69) is 39.2 Å². The third-order valence-electron chi connectivity index (χ3n) is 4.57. The van der Waals surface area contributed by atoms with Gasteiger partial charge in [0.1, 0.15) is 12.0 Å². The van der Waals surface area contributed by atoms with Crippen LogP contribution in [0.2, 0.25) is 0 Å². The van der Waals surface area contributed by atoms with Crippen molar-refractivity contribution in [2.75, 3.05) is 31.1 Å². The predicted octanol–water partition coefficient (Wildman–Crippen LogP) is 2.30. The van der Waals surface area contributed by atoms with Gasteiger partial charge in [0.05, 0.1) is 6.54 Å². The van der Waals surface area contributed by atoms with Crippen molar-refractivity contribution in [3.05, 3.63) is 23.9 Å². The Balaban J connectivity index is 1.66. The van der Waals surface area contributed by atoms with E-state index in [0.29, 0.717) is 6.54 Å². The molecule has 0 aliphatic carbocycles. The molecule has 0 saturated carbocycles. The molecule has 1 amide bonds. The van der Waals surface area contributed by atoms with Crippen molar-refractivity contribution >= 4 is 11.7 Å². The minimum absolute atomic E-state index is 0.00974. The van der Waals surface area contributed by atoms with Crippen molar-refractivity contribution in [2.45, 2.75) is 45.2 Å². The van der Waals surface area contributed by atoms with Crippen LogP contribution in [0.25, 0.3) is 0 Å². The molecule has 0 unspecified atom stereocenters. The Kier molecular flexibility index (Phi) is 4.93. The standard InChI is InChI=1S/C17H26N4O/c1-2-3-4-11-21-13-16(22)19-17(21)14-7-8-15(18-12-14)20-9-5-6-10-20/h7-8,12,17H,2-6,9-11,13H2,1H3,(H,19,22)/t17-/m1/s1. The maximum Gasteiger partial charge on any atom is 0.235 e. The highest BCUT2D eigenvalue weighted by Crippen LogP contribution is 2.24. The molecule has 2 fully saturated rings. The molecule has 2 aliphatic rings. The summed E-state index contributed by atoms with van der Waals surface area (Å²) in [7, 11) is 0. The molecule has 0 spiro atoms. The molecule has 3 rings (SSSR count). The number of unbranched alkanes of at least 4 members (excludes halogenated alkanes) is 2. The summed E-state index contributed by atoms with van der Waals surface area (Å²) in [6.45, 7) is 5.88. The Morgan fingerprint density at radius 2 is 2.09 bits per heavy atom. The molecule has 0 aromatic carbocycles. The van der Waals surface area contributed by atoms with E-state index in [1.807, 2.05) is 6.20 Å². The lowest BCUT2D eigenvalue weighted by Crippen LogP contribution is -2.29. The van der Waals surface area contributed by atoms with Crippen LogP contribution >= 0.6 is 0 Å². The van der Waals surface area contributed by atoms with Crippen molar-refractivity contribution in [3.8, 4) is 0 Å². The Morgan fingerprint density at radius 1 is 1.27 bits per heavy atom. The summed E-state index contributed by atoms with van der Waals surface area (Å²) in [4.78, 5) is 20.9. The van der Waals surface area contributed by atoms with Crippen LogP contribution in [-0.2, 0) is 4.79 Å². The fraction of sp³-hybridized carbons (Fsp3) is 0.647. The summed E-state index contributed by atoms with van der Waals surface area (Å²) >= 11 is 0. The highest BCUT2D eigenvalue weighted by atomic mass is 16.2. The third kappa shape index (κ3) is 3.40. The van der Waals surface area contributed by atoms with Crippen molar-refractivity contribution in [2.24, 2.45) is 0 Å². The molecule has 5 nitrogen and oxygen atoms in total. The molecule has 120 valence electrons. The first-order valence-corrected chi connectivity index (χ1v) is 8.52. The predicted molar refractivity (Wildman–Crippen MR) is 87.7 cm³/mol. The number of aromatic nitrogens is 1. The van der Waals surface area contributed by atoms with Gasteiger partial charge < -0.3 is 10.2 Å². The first-order chi connectivity index (χ1) is 10.8. The molecule has 1 aromatic heterocycles. The van der Waals surface area contributed by atoms with E-state index in [4.69, 9.17) is 0 Å². The van der Waals surface area contributed by atoms with Crippen LogP contribution in [0.15, 0.2) is 18.3 Å². The number of amides is 1. The van der Waals surface area contributed by atoms with E-state index in [1.54, 1.807) is 0 Å². The first-order valence-electron chi connectivity index (χ1n) is 8.52. The molecule has 0 bridgehead atoms. The Labute approximate surface area is 132 Å². The van der Waals surface area contributed by atoms with Gasteiger partial charge in [0.25, 0.3) is 0 Å². The monoisotopic (exact) mass is 302 g/mol. The summed E-state index contributed by atoms with van der Waals surface area (Å²) in [5.74, 6) is 1.17. The average Bonchev–Trinajstić information content (AvgIpc) is 3.18. The lowest BCUT2D eigenvalue weighted by molar-refractivity contribution is -0.118. The van der Waals surface area contributed by atoms with E-state index in [9.17, 15) is 4.79 Å². The maximum atomic E-state index is 11.8. The van der Waals surface area contributed by atoms with Gasteiger partial charge in [0, 0.05) is 31.4 Å². The van der Waals surface area contributed by atoms with E-state index < -0.39 is 0 Å². The lowest BCUT2D eigenvalue weighted by Gasteiger charge is -2.24. The van der Waals surface area contributed by atoms with E-state index in [1.165, 1.54) is 25.7 Å². The van der Waals surface area contributed by atoms with Crippen LogP contribution in [-0.4, -0.2) is 42.0 Å². The van der Waals surface area contributed by atoms with Crippen LogP contribution < -0.4 is 10.2 Å². The largest absolute Gasteiger partial charge is 0.357 e. The van der Waals surface area contributed by atoms with Crippen molar-refractivity contribution in [3.63, 3.8) is 0 Å². The first kappa shape index (κ1) is 15.3. The number of nitrogens with zero attached hydrogens (tertiary/aromatic N) is 3. The number of carbonyl (C=O) groups is 1. The topological polar surface area (TPSA) is 48.5 Å². The second-order valence-corrected chi connectivity index (χ2v) is 6.29. The molecule has 1 atom stereocenters. The zero-order valence-corrected chi connectivity index (χ0v) is 13.4. The average molecular weight is 302 g/mol. The Bertz CT molecular complexity index is 496. The molecular formula is C17H26N4O. The molecule has 2 saturated heterocycles. The van der Waals surface area contributed by atoms with E-state index >= 15 is 0 Å². The fourth-order valence-corrected chi connectivity index (χ4v) is 3.32. The quantitative estimate of drug-likeness (QED) is 0.819. The molecule has 22 heavy (non-hydrogen) atoms. The van der Waals surface area contributed by atoms with Gasteiger partial charge in [0.15, 0.2) is 0 Å². The van der Waals surface area contributed by atoms with Crippen LogP contribution in [0.3, 0.4) is 0 Å². The van der Waals surface area contributed by atoms with Crippen molar-refractivity contribution in [1.82, 2.24) is 15.2 Å². The van der Waals surface area contributed by atoms with Crippen LogP contribution in [0.1, 0.15) is 50.8 Å². The molecule has 1 N–H and O–H groups in total. The molecule has 2 aliphatic heterocycles. The summed E-state index contributed by atoms with van der Waals surface area (Å²) in [5, 5.41) is 3.07. The fourth-order valence-electron chi connectivity index (χ4n) is 3.32. The minimum Gasteiger partial charge on any atom is -0.357 e. The van der Waals surface area contributed by atoms with Gasteiger partial charge in [-0.1, -0.05) is 25.8 Å². The number of hydrogen-bond acceptors (Lipinski definition) is 4. The van der Waals surface area contributed by atoms with Crippen molar-refractivity contribution in [1.29, 1.82) is 0 Å². The highest BCUT2D eigenvalue weighted by molar-refractivity contribution is 5.80. The highest BCUT2D eigenvalue weighted by Gasteiger charge is 2.30. The SMILES string of the molecule is CCCCCN1CC(=O)N[C@H]1c1ccc(N2CCCC2)nc1. The van der Waals surface area contributed by atoms with Crippen LogP contribution in [0.4, 0.5) is 5.82 Å². The molecular weight excluding hydrogens is 276 g/mol. The lowest BCUT2D eigenvalue weighted by atomic mass is 10.2.